The molecule has 2 aromatic rings. The van der Waals surface area contributed by atoms with Crippen LogP contribution in [0.4, 0.5) is 0 Å². The lowest BCUT2D eigenvalue weighted by molar-refractivity contribution is 0.354. The molecule has 1 aromatic carbocycles. The molecule has 1 heterocycles. The summed E-state index contributed by atoms with van der Waals surface area (Å²) in [6, 6.07) is 7.58. The number of hydrogen-bond acceptors (Lipinski definition) is 4. The number of ether oxygens (including phenoxy) is 2. The fourth-order valence-electron chi connectivity index (χ4n) is 2.11. The minimum absolute atomic E-state index is 0. The van der Waals surface area contributed by atoms with Gasteiger partial charge in [0.1, 0.15) is 5.76 Å². The lowest BCUT2D eigenvalue weighted by Gasteiger charge is -2.13. The average Bonchev–Trinajstić information content (AvgIpc) is 3.11. The van der Waals surface area contributed by atoms with Gasteiger partial charge in [0.2, 0.25) is 0 Å². The van der Waals surface area contributed by atoms with Crippen LogP contribution in [0.5, 0.6) is 11.5 Å². The Balaban J connectivity index is 0.00000312. The van der Waals surface area contributed by atoms with E-state index in [0.29, 0.717) is 24.6 Å². The summed E-state index contributed by atoms with van der Waals surface area (Å²) < 4.78 is 16.9. The molecule has 0 radical (unpaired) electrons. The van der Waals surface area contributed by atoms with Gasteiger partial charge in [-0.2, -0.15) is 0 Å². The second-order valence-electron chi connectivity index (χ2n) is 4.93. The maximum Gasteiger partial charge on any atom is 0.191 e. The van der Waals surface area contributed by atoms with Crippen LogP contribution in [-0.4, -0.2) is 26.7 Å². The average molecular weight is 524 g/mol. The first-order chi connectivity index (χ1) is 11.7. The maximum atomic E-state index is 5.34. The Morgan fingerprint density at radius 2 is 1.92 bits per heavy atom. The normalized spacial score (nSPS) is 10.8. The van der Waals surface area contributed by atoms with Crippen LogP contribution in [0.3, 0.4) is 0 Å². The van der Waals surface area contributed by atoms with E-state index < -0.39 is 0 Å². The third-order valence-corrected chi connectivity index (χ3v) is 4.05. The smallest absolute Gasteiger partial charge is 0.191 e. The van der Waals surface area contributed by atoms with Gasteiger partial charge in [-0.1, -0.05) is 15.9 Å². The van der Waals surface area contributed by atoms with Crippen LogP contribution in [0.1, 0.15) is 18.2 Å². The Morgan fingerprint density at radius 1 is 1.20 bits per heavy atom. The molecule has 0 bridgehead atoms. The predicted octanol–water partition coefficient (Wildman–Crippen LogP) is 3.93. The number of hydrogen-bond donors (Lipinski definition) is 2. The first kappa shape index (κ1) is 21.6. The molecule has 138 valence electrons. The number of furan rings is 1. The molecule has 0 amide bonds. The van der Waals surface area contributed by atoms with Gasteiger partial charge in [-0.05, 0) is 36.8 Å². The van der Waals surface area contributed by atoms with Gasteiger partial charge in [-0.15, -0.1) is 24.0 Å². The second-order valence-corrected chi connectivity index (χ2v) is 5.78. The standard InChI is InChI=1S/C17H22BrN3O3.HI/c1-4-19-17(21-11-13-6-5-7-24-13)20-10-12-8-15(22-2)16(23-3)9-14(12)18;/h5-9H,4,10-11H2,1-3H3,(H2,19,20,21);1H. The van der Waals surface area contributed by atoms with E-state index in [4.69, 9.17) is 13.9 Å². The number of nitrogens with one attached hydrogen (secondary N) is 2. The summed E-state index contributed by atoms with van der Waals surface area (Å²) in [6.07, 6.45) is 1.65. The molecule has 0 aliphatic heterocycles. The van der Waals surface area contributed by atoms with Crippen LogP contribution in [0, 0.1) is 0 Å². The summed E-state index contributed by atoms with van der Waals surface area (Å²) in [5, 5.41) is 6.45. The number of halogens is 2. The summed E-state index contributed by atoms with van der Waals surface area (Å²) in [5.74, 6) is 2.93. The van der Waals surface area contributed by atoms with Crippen LogP contribution in [0.2, 0.25) is 0 Å². The molecule has 0 aliphatic carbocycles. The third kappa shape index (κ3) is 6.43. The fraction of sp³-hybridized carbons (Fsp3) is 0.353. The topological polar surface area (TPSA) is 68.0 Å². The molecule has 0 saturated carbocycles. The minimum Gasteiger partial charge on any atom is -0.493 e. The van der Waals surface area contributed by atoms with Crippen molar-refractivity contribution in [2.75, 3.05) is 20.8 Å². The molecule has 0 saturated heterocycles. The molecule has 0 atom stereocenters. The number of aliphatic imine (C=N–C) groups is 1. The highest BCUT2D eigenvalue weighted by atomic mass is 127. The van der Waals surface area contributed by atoms with Gasteiger partial charge in [-0.3, -0.25) is 0 Å². The molecule has 0 aliphatic rings. The second kappa shape index (κ2) is 11.2. The van der Waals surface area contributed by atoms with Crippen molar-refractivity contribution < 1.29 is 13.9 Å². The molecule has 0 unspecified atom stereocenters. The van der Waals surface area contributed by atoms with Crippen LogP contribution in [0.15, 0.2) is 44.4 Å². The minimum atomic E-state index is 0. The van der Waals surface area contributed by atoms with Gasteiger partial charge in [0.05, 0.1) is 33.6 Å². The van der Waals surface area contributed by atoms with Crippen molar-refractivity contribution >= 4 is 45.9 Å². The molecule has 6 nitrogen and oxygen atoms in total. The fourth-order valence-corrected chi connectivity index (χ4v) is 2.56. The van der Waals surface area contributed by atoms with Crippen molar-refractivity contribution in [3.8, 4) is 11.5 Å². The molecular formula is C17H23BrIN3O3. The van der Waals surface area contributed by atoms with Gasteiger partial charge in [-0.25, -0.2) is 4.99 Å². The Hall–Kier alpha value is -1.42. The molecular weight excluding hydrogens is 501 g/mol. The number of methoxy groups -OCH3 is 2. The zero-order valence-electron chi connectivity index (χ0n) is 14.5. The van der Waals surface area contributed by atoms with E-state index >= 15 is 0 Å². The molecule has 8 heteroatoms. The van der Waals surface area contributed by atoms with Crippen molar-refractivity contribution in [2.24, 2.45) is 4.99 Å². The highest BCUT2D eigenvalue weighted by Crippen LogP contribution is 2.33. The first-order valence-corrected chi connectivity index (χ1v) is 8.42. The number of nitrogens with zero attached hydrogens (tertiary/aromatic N) is 1. The largest absolute Gasteiger partial charge is 0.493 e. The molecule has 2 N–H and O–H groups in total. The Bertz CT molecular complexity index is 678. The quantitative estimate of drug-likeness (QED) is 0.327. The van der Waals surface area contributed by atoms with E-state index in [2.05, 4.69) is 31.6 Å². The summed E-state index contributed by atoms with van der Waals surface area (Å²) >= 11 is 3.55. The van der Waals surface area contributed by atoms with E-state index in [-0.39, 0.29) is 24.0 Å². The highest BCUT2D eigenvalue weighted by Gasteiger charge is 2.09. The lowest BCUT2D eigenvalue weighted by atomic mass is 10.2. The van der Waals surface area contributed by atoms with Crippen LogP contribution in [0.25, 0.3) is 0 Å². The van der Waals surface area contributed by atoms with Crippen molar-refractivity contribution in [1.29, 1.82) is 0 Å². The highest BCUT2D eigenvalue weighted by molar-refractivity contribution is 14.0. The number of guanidine groups is 1. The van der Waals surface area contributed by atoms with Crippen molar-refractivity contribution in [3.05, 3.63) is 46.3 Å². The van der Waals surface area contributed by atoms with Gasteiger partial charge in [0.25, 0.3) is 0 Å². The SMILES string of the molecule is CCNC(=NCc1cc(OC)c(OC)cc1Br)NCc1ccco1.I. The third-order valence-electron chi connectivity index (χ3n) is 3.31. The van der Waals surface area contributed by atoms with Crippen molar-refractivity contribution in [2.45, 2.75) is 20.0 Å². The number of benzene rings is 1. The Kier molecular flexibility index (Phi) is 9.73. The van der Waals surface area contributed by atoms with Crippen molar-refractivity contribution in [3.63, 3.8) is 0 Å². The zero-order valence-corrected chi connectivity index (χ0v) is 18.4. The van der Waals surface area contributed by atoms with Crippen LogP contribution < -0.4 is 20.1 Å². The van der Waals surface area contributed by atoms with E-state index in [1.54, 1.807) is 20.5 Å². The zero-order chi connectivity index (χ0) is 17.4. The van der Waals surface area contributed by atoms with E-state index in [1.165, 1.54) is 0 Å². The molecule has 1 aromatic heterocycles. The lowest BCUT2D eigenvalue weighted by Crippen LogP contribution is -2.36. The van der Waals surface area contributed by atoms with Gasteiger partial charge < -0.3 is 24.5 Å². The van der Waals surface area contributed by atoms with E-state index in [9.17, 15) is 0 Å². The molecule has 0 spiro atoms. The summed E-state index contributed by atoms with van der Waals surface area (Å²) in [4.78, 5) is 4.60. The number of rotatable bonds is 7. The summed E-state index contributed by atoms with van der Waals surface area (Å²) in [6.45, 7) is 3.87. The maximum absolute atomic E-state index is 5.34. The van der Waals surface area contributed by atoms with Gasteiger partial charge >= 0.3 is 0 Å². The molecule has 25 heavy (non-hydrogen) atoms. The van der Waals surface area contributed by atoms with Gasteiger partial charge in [0.15, 0.2) is 17.5 Å². The summed E-state index contributed by atoms with van der Waals surface area (Å²) in [7, 11) is 3.23. The Labute approximate surface area is 173 Å². The van der Waals surface area contributed by atoms with E-state index in [0.717, 1.165) is 28.3 Å². The summed E-state index contributed by atoms with van der Waals surface area (Å²) in [5.41, 5.74) is 1.00. The van der Waals surface area contributed by atoms with E-state index in [1.807, 2.05) is 31.2 Å². The van der Waals surface area contributed by atoms with Crippen molar-refractivity contribution in [1.82, 2.24) is 10.6 Å². The monoisotopic (exact) mass is 523 g/mol. The molecule has 0 fully saturated rings. The Morgan fingerprint density at radius 3 is 2.52 bits per heavy atom. The predicted molar refractivity (Wildman–Crippen MR) is 113 cm³/mol. The first-order valence-electron chi connectivity index (χ1n) is 7.62. The van der Waals surface area contributed by atoms with Gasteiger partial charge in [0, 0.05) is 11.0 Å². The molecule has 2 rings (SSSR count). The van der Waals surface area contributed by atoms with Crippen LogP contribution >= 0.6 is 39.9 Å². The van der Waals surface area contributed by atoms with Crippen LogP contribution in [-0.2, 0) is 13.1 Å².